The monoisotopic (exact) mass is 238 g/mol. The van der Waals surface area contributed by atoms with Crippen molar-refractivity contribution in [3.63, 3.8) is 0 Å². The van der Waals surface area contributed by atoms with Crippen LogP contribution in [-0.4, -0.2) is 44.4 Å². The highest BCUT2D eigenvalue weighted by Crippen LogP contribution is 2.24. The summed E-state index contributed by atoms with van der Waals surface area (Å²) >= 11 is 5.97. The number of piperazine rings is 1. The first-order valence-corrected chi connectivity index (χ1v) is 5.77. The van der Waals surface area contributed by atoms with E-state index in [4.69, 9.17) is 11.6 Å². The fourth-order valence-electron chi connectivity index (χ4n) is 1.94. The van der Waals surface area contributed by atoms with Gasteiger partial charge in [0.15, 0.2) is 6.29 Å². The van der Waals surface area contributed by atoms with Gasteiger partial charge in [0.05, 0.1) is 0 Å². The van der Waals surface area contributed by atoms with Crippen LogP contribution in [0.3, 0.4) is 0 Å². The van der Waals surface area contributed by atoms with Crippen molar-refractivity contribution in [3.8, 4) is 0 Å². The van der Waals surface area contributed by atoms with Gasteiger partial charge >= 0.3 is 0 Å². The Morgan fingerprint density at radius 2 is 1.94 bits per heavy atom. The van der Waals surface area contributed by atoms with Crippen LogP contribution in [0.25, 0.3) is 0 Å². The second kappa shape index (κ2) is 4.85. The molecule has 0 radical (unpaired) electrons. The second-order valence-corrected chi connectivity index (χ2v) is 4.55. The largest absolute Gasteiger partial charge is 0.368 e. The standard InChI is InChI=1S/C12H15ClN2O/c1-14-4-6-15(7-5-14)12-8-11(13)3-2-10(12)9-16/h2-3,8-9H,4-7H2,1H3. The number of anilines is 1. The fraction of sp³-hybridized carbons (Fsp3) is 0.417. The van der Waals surface area contributed by atoms with E-state index >= 15 is 0 Å². The van der Waals surface area contributed by atoms with Crippen LogP contribution in [0.15, 0.2) is 18.2 Å². The van der Waals surface area contributed by atoms with Gasteiger partial charge in [-0.3, -0.25) is 4.79 Å². The first kappa shape index (κ1) is 11.4. The summed E-state index contributed by atoms with van der Waals surface area (Å²) in [6, 6.07) is 5.41. The number of carbonyl (C=O) groups excluding carboxylic acids is 1. The van der Waals surface area contributed by atoms with E-state index in [2.05, 4.69) is 16.8 Å². The van der Waals surface area contributed by atoms with E-state index in [1.165, 1.54) is 0 Å². The summed E-state index contributed by atoms with van der Waals surface area (Å²) < 4.78 is 0. The topological polar surface area (TPSA) is 23.6 Å². The Morgan fingerprint density at radius 3 is 2.56 bits per heavy atom. The molecule has 1 heterocycles. The van der Waals surface area contributed by atoms with Crippen molar-refractivity contribution < 1.29 is 4.79 Å². The van der Waals surface area contributed by atoms with Crippen LogP contribution in [0.1, 0.15) is 10.4 Å². The van der Waals surface area contributed by atoms with Gasteiger partial charge in [-0.2, -0.15) is 0 Å². The van der Waals surface area contributed by atoms with E-state index in [1.54, 1.807) is 12.1 Å². The lowest BCUT2D eigenvalue weighted by Crippen LogP contribution is -2.44. The number of likely N-dealkylation sites (N-methyl/N-ethyl adjacent to an activating group) is 1. The lowest BCUT2D eigenvalue weighted by Gasteiger charge is -2.34. The number of hydrogen-bond donors (Lipinski definition) is 0. The number of aldehydes is 1. The summed E-state index contributed by atoms with van der Waals surface area (Å²) in [5.74, 6) is 0. The Morgan fingerprint density at radius 1 is 1.25 bits per heavy atom. The Kier molecular flexibility index (Phi) is 3.46. The summed E-state index contributed by atoms with van der Waals surface area (Å²) in [5, 5.41) is 0.680. The lowest BCUT2D eigenvalue weighted by molar-refractivity contribution is 0.112. The molecule has 0 N–H and O–H groups in total. The minimum absolute atomic E-state index is 0.680. The quantitative estimate of drug-likeness (QED) is 0.736. The molecule has 3 nitrogen and oxygen atoms in total. The number of carbonyl (C=O) groups is 1. The summed E-state index contributed by atoms with van der Waals surface area (Å²) in [5.41, 5.74) is 1.67. The molecule has 2 rings (SSSR count). The van der Waals surface area contributed by atoms with Gasteiger partial charge in [-0.1, -0.05) is 11.6 Å². The van der Waals surface area contributed by atoms with Crippen molar-refractivity contribution in [2.24, 2.45) is 0 Å². The van der Waals surface area contributed by atoms with Crippen LogP contribution >= 0.6 is 11.6 Å². The molecular formula is C12H15ClN2O. The van der Waals surface area contributed by atoms with Crippen molar-refractivity contribution in [1.82, 2.24) is 4.90 Å². The average Bonchev–Trinajstić information content (AvgIpc) is 2.30. The molecule has 0 aliphatic carbocycles. The molecule has 0 bridgehead atoms. The van der Waals surface area contributed by atoms with E-state index in [0.717, 1.165) is 38.2 Å². The predicted octanol–water partition coefficient (Wildman–Crippen LogP) is 1.90. The zero-order chi connectivity index (χ0) is 11.5. The van der Waals surface area contributed by atoms with Gasteiger partial charge in [-0.25, -0.2) is 0 Å². The highest BCUT2D eigenvalue weighted by molar-refractivity contribution is 6.31. The zero-order valence-corrected chi connectivity index (χ0v) is 10.1. The maximum absolute atomic E-state index is 11.0. The molecule has 0 aromatic heterocycles. The third-order valence-corrected chi connectivity index (χ3v) is 3.20. The minimum atomic E-state index is 0.680. The van der Waals surface area contributed by atoms with E-state index in [9.17, 15) is 4.79 Å². The van der Waals surface area contributed by atoms with E-state index in [1.807, 2.05) is 6.07 Å². The van der Waals surface area contributed by atoms with Crippen molar-refractivity contribution in [3.05, 3.63) is 28.8 Å². The summed E-state index contributed by atoms with van der Waals surface area (Å²) in [6.45, 7) is 3.92. The Hall–Kier alpha value is -1.06. The lowest BCUT2D eigenvalue weighted by atomic mass is 10.1. The van der Waals surface area contributed by atoms with E-state index < -0.39 is 0 Å². The first-order valence-electron chi connectivity index (χ1n) is 5.39. The van der Waals surface area contributed by atoms with Gasteiger partial charge in [-0.05, 0) is 25.2 Å². The average molecular weight is 239 g/mol. The van der Waals surface area contributed by atoms with Crippen LogP contribution in [0.4, 0.5) is 5.69 Å². The van der Waals surface area contributed by atoms with Crippen LogP contribution in [0, 0.1) is 0 Å². The Labute approximate surface area is 101 Å². The molecule has 1 aliphatic rings. The maximum atomic E-state index is 11.0. The molecule has 0 spiro atoms. The molecule has 16 heavy (non-hydrogen) atoms. The summed E-state index contributed by atoms with van der Waals surface area (Å²) in [4.78, 5) is 15.5. The number of halogens is 1. The number of benzene rings is 1. The first-order chi connectivity index (χ1) is 7.70. The van der Waals surface area contributed by atoms with Crippen molar-refractivity contribution in [1.29, 1.82) is 0 Å². The van der Waals surface area contributed by atoms with Gasteiger partial charge in [0.2, 0.25) is 0 Å². The molecule has 1 aromatic rings. The third-order valence-electron chi connectivity index (χ3n) is 2.96. The van der Waals surface area contributed by atoms with Crippen molar-refractivity contribution >= 4 is 23.6 Å². The number of hydrogen-bond acceptors (Lipinski definition) is 3. The molecule has 4 heteroatoms. The van der Waals surface area contributed by atoms with E-state index in [-0.39, 0.29) is 0 Å². The third kappa shape index (κ3) is 2.36. The summed E-state index contributed by atoms with van der Waals surface area (Å²) in [6.07, 6.45) is 0.893. The predicted molar refractivity (Wildman–Crippen MR) is 66.5 cm³/mol. The van der Waals surface area contributed by atoms with Gasteiger partial charge in [0.25, 0.3) is 0 Å². The Bertz CT molecular complexity index is 387. The highest BCUT2D eigenvalue weighted by Gasteiger charge is 2.16. The number of rotatable bonds is 2. The normalized spacial score (nSPS) is 17.5. The van der Waals surface area contributed by atoms with Crippen LogP contribution in [0.5, 0.6) is 0 Å². The van der Waals surface area contributed by atoms with Crippen LogP contribution < -0.4 is 4.90 Å². The van der Waals surface area contributed by atoms with Gasteiger partial charge < -0.3 is 9.80 Å². The van der Waals surface area contributed by atoms with E-state index in [0.29, 0.717) is 10.6 Å². The molecular weight excluding hydrogens is 224 g/mol. The minimum Gasteiger partial charge on any atom is -0.368 e. The SMILES string of the molecule is CN1CCN(c2cc(Cl)ccc2C=O)CC1. The second-order valence-electron chi connectivity index (χ2n) is 4.11. The molecule has 1 saturated heterocycles. The zero-order valence-electron chi connectivity index (χ0n) is 9.32. The fourth-order valence-corrected chi connectivity index (χ4v) is 2.10. The highest BCUT2D eigenvalue weighted by atomic mass is 35.5. The van der Waals surface area contributed by atoms with Gasteiger partial charge in [0.1, 0.15) is 0 Å². The van der Waals surface area contributed by atoms with Gasteiger partial charge in [-0.15, -0.1) is 0 Å². The Balaban J connectivity index is 2.25. The van der Waals surface area contributed by atoms with Gasteiger partial charge in [0, 0.05) is 42.5 Å². The number of nitrogens with zero attached hydrogens (tertiary/aromatic N) is 2. The molecule has 0 saturated carbocycles. The molecule has 0 amide bonds. The smallest absolute Gasteiger partial charge is 0.152 e. The molecule has 1 aromatic carbocycles. The molecule has 1 fully saturated rings. The van der Waals surface area contributed by atoms with Crippen LogP contribution in [-0.2, 0) is 0 Å². The molecule has 0 unspecified atom stereocenters. The maximum Gasteiger partial charge on any atom is 0.152 e. The van der Waals surface area contributed by atoms with Crippen molar-refractivity contribution in [2.75, 3.05) is 38.1 Å². The molecule has 86 valence electrons. The van der Waals surface area contributed by atoms with Crippen LogP contribution in [0.2, 0.25) is 5.02 Å². The summed E-state index contributed by atoms with van der Waals surface area (Å²) in [7, 11) is 2.11. The molecule has 0 atom stereocenters. The van der Waals surface area contributed by atoms with Crippen molar-refractivity contribution in [2.45, 2.75) is 0 Å². The molecule has 1 aliphatic heterocycles.